The predicted octanol–water partition coefficient (Wildman–Crippen LogP) is 2.39. The number of halogens is 3. The number of hydrogen-bond donors (Lipinski definition) is 2. The van der Waals surface area contributed by atoms with Gasteiger partial charge in [-0.2, -0.15) is 8.78 Å². The fraction of sp³-hybridized carbons (Fsp3) is 0.462. The molecule has 0 radical (unpaired) electrons. The molecule has 0 aliphatic heterocycles. The molecular weight excluding hydrogens is 322 g/mol. The van der Waals surface area contributed by atoms with Gasteiger partial charge in [-0.05, 0) is 24.3 Å². The van der Waals surface area contributed by atoms with E-state index >= 15 is 0 Å². The van der Waals surface area contributed by atoms with Crippen molar-refractivity contribution in [1.82, 2.24) is 10.6 Å². The maximum atomic E-state index is 12.1. The summed E-state index contributed by atoms with van der Waals surface area (Å²) in [6, 6.07) is 6.11. The summed E-state index contributed by atoms with van der Waals surface area (Å²) < 4.78 is 29.2. The van der Waals surface area contributed by atoms with Crippen molar-refractivity contribution in [2.75, 3.05) is 33.4 Å². The van der Waals surface area contributed by atoms with Crippen LogP contribution in [0.15, 0.2) is 29.2 Å². The molecule has 0 spiro atoms. The van der Waals surface area contributed by atoms with Gasteiger partial charge in [0, 0.05) is 37.2 Å². The summed E-state index contributed by atoms with van der Waals surface area (Å²) in [7, 11) is 1.62. The third kappa shape index (κ3) is 8.87. The fourth-order valence-electron chi connectivity index (χ4n) is 1.45. The second-order valence-electron chi connectivity index (χ2n) is 3.90. The molecular formula is C13H19ClF2N2O2S. The van der Waals surface area contributed by atoms with Crippen LogP contribution in [0.3, 0.4) is 0 Å². The van der Waals surface area contributed by atoms with E-state index in [-0.39, 0.29) is 18.3 Å². The maximum Gasteiger partial charge on any atom is 0.288 e. The second kappa shape index (κ2) is 11.7. The summed E-state index contributed by atoms with van der Waals surface area (Å²) in [6.45, 7) is 2.49. The van der Waals surface area contributed by atoms with Crippen molar-refractivity contribution >= 4 is 30.1 Å². The first-order valence-electron chi connectivity index (χ1n) is 6.16. The minimum Gasteiger partial charge on any atom is -0.383 e. The van der Waals surface area contributed by atoms with Crippen molar-refractivity contribution in [3.05, 3.63) is 29.8 Å². The molecule has 4 nitrogen and oxygen atoms in total. The quantitative estimate of drug-likeness (QED) is 0.535. The van der Waals surface area contributed by atoms with Gasteiger partial charge in [0.05, 0.1) is 6.61 Å². The molecule has 0 aliphatic carbocycles. The zero-order valence-corrected chi connectivity index (χ0v) is 13.2. The largest absolute Gasteiger partial charge is 0.383 e. The van der Waals surface area contributed by atoms with Gasteiger partial charge in [0.15, 0.2) is 0 Å². The van der Waals surface area contributed by atoms with Crippen LogP contribution >= 0.6 is 24.2 Å². The van der Waals surface area contributed by atoms with Gasteiger partial charge in [0.2, 0.25) is 0 Å². The van der Waals surface area contributed by atoms with E-state index in [4.69, 9.17) is 4.74 Å². The zero-order chi connectivity index (χ0) is 14.8. The topological polar surface area (TPSA) is 50.4 Å². The van der Waals surface area contributed by atoms with E-state index < -0.39 is 5.76 Å². The minimum absolute atomic E-state index is 0. The lowest BCUT2D eigenvalue weighted by molar-refractivity contribution is 0.0953. The van der Waals surface area contributed by atoms with E-state index in [1.807, 2.05) is 0 Å². The van der Waals surface area contributed by atoms with Crippen molar-refractivity contribution in [2.24, 2.45) is 0 Å². The molecule has 0 bridgehead atoms. The Labute approximate surface area is 133 Å². The first kappa shape index (κ1) is 20.1. The van der Waals surface area contributed by atoms with Crippen LogP contribution in [0.5, 0.6) is 0 Å². The number of benzene rings is 1. The summed E-state index contributed by atoms with van der Waals surface area (Å²) in [6.07, 6.45) is 0. The van der Waals surface area contributed by atoms with Crippen molar-refractivity contribution < 1.29 is 18.3 Å². The van der Waals surface area contributed by atoms with Gasteiger partial charge in [0.25, 0.3) is 11.7 Å². The number of amides is 1. The van der Waals surface area contributed by atoms with Gasteiger partial charge >= 0.3 is 0 Å². The Morgan fingerprint density at radius 2 is 1.90 bits per heavy atom. The Bertz CT molecular complexity index is 408. The standard InChI is InChI=1S/C13H18F2N2O2S.ClH/c1-19-9-8-16-6-7-17-12(18)10-2-4-11(5-3-10)20-13(14)15;/h2-5,13,16H,6-9H2,1H3,(H,17,18);1H. The molecule has 0 aliphatic rings. The third-order valence-electron chi connectivity index (χ3n) is 2.41. The van der Waals surface area contributed by atoms with Crippen LogP contribution < -0.4 is 10.6 Å². The Kier molecular flexibility index (Phi) is 11.2. The lowest BCUT2D eigenvalue weighted by atomic mass is 10.2. The smallest absolute Gasteiger partial charge is 0.288 e. The van der Waals surface area contributed by atoms with Crippen molar-refractivity contribution in [3.63, 3.8) is 0 Å². The molecule has 0 unspecified atom stereocenters. The van der Waals surface area contributed by atoms with E-state index in [0.717, 1.165) is 6.54 Å². The Hall–Kier alpha value is -0.890. The molecule has 120 valence electrons. The van der Waals surface area contributed by atoms with Gasteiger partial charge < -0.3 is 15.4 Å². The molecule has 0 fully saturated rings. The van der Waals surface area contributed by atoms with Crippen LogP contribution in [0.25, 0.3) is 0 Å². The molecule has 21 heavy (non-hydrogen) atoms. The number of ether oxygens (including phenoxy) is 1. The molecule has 0 atom stereocenters. The molecule has 8 heteroatoms. The van der Waals surface area contributed by atoms with Crippen molar-refractivity contribution in [3.8, 4) is 0 Å². The highest BCUT2D eigenvalue weighted by Crippen LogP contribution is 2.24. The first-order valence-corrected chi connectivity index (χ1v) is 7.04. The van der Waals surface area contributed by atoms with Gasteiger partial charge in [-0.25, -0.2) is 0 Å². The number of hydrogen-bond acceptors (Lipinski definition) is 4. The minimum atomic E-state index is -2.45. The van der Waals surface area contributed by atoms with Crippen LogP contribution in [-0.4, -0.2) is 45.0 Å². The zero-order valence-electron chi connectivity index (χ0n) is 11.6. The Morgan fingerprint density at radius 3 is 2.48 bits per heavy atom. The number of thioether (sulfide) groups is 1. The van der Waals surface area contributed by atoms with Crippen LogP contribution in [-0.2, 0) is 4.74 Å². The van der Waals surface area contributed by atoms with Crippen LogP contribution in [0.1, 0.15) is 10.4 Å². The SMILES string of the molecule is COCCNCCNC(=O)c1ccc(SC(F)F)cc1.Cl. The summed E-state index contributed by atoms with van der Waals surface area (Å²) in [5, 5.41) is 5.84. The average Bonchev–Trinajstić information content (AvgIpc) is 2.42. The highest BCUT2D eigenvalue weighted by Gasteiger charge is 2.07. The lowest BCUT2D eigenvalue weighted by Crippen LogP contribution is -2.33. The van der Waals surface area contributed by atoms with E-state index in [0.29, 0.717) is 41.9 Å². The number of carbonyl (C=O) groups excluding carboxylic acids is 1. The second-order valence-corrected chi connectivity index (χ2v) is 4.97. The summed E-state index contributed by atoms with van der Waals surface area (Å²) in [5.41, 5.74) is 0.459. The van der Waals surface area contributed by atoms with Crippen molar-refractivity contribution in [1.29, 1.82) is 0 Å². The Morgan fingerprint density at radius 1 is 1.24 bits per heavy atom. The fourth-order valence-corrected chi connectivity index (χ4v) is 1.95. The average molecular weight is 341 g/mol. The molecule has 1 aromatic carbocycles. The molecule has 0 saturated heterocycles. The van der Waals surface area contributed by atoms with Gasteiger partial charge in [0.1, 0.15) is 0 Å². The first-order chi connectivity index (χ1) is 9.63. The van der Waals surface area contributed by atoms with Crippen LogP contribution in [0.4, 0.5) is 8.78 Å². The predicted molar refractivity (Wildman–Crippen MR) is 82.6 cm³/mol. The number of methoxy groups -OCH3 is 1. The van der Waals surface area contributed by atoms with E-state index in [2.05, 4.69) is 10.6 Å². The van der Waals surface area contributed by atoms with Gasteiger partial charge in [-0.15, -0.1) is 12.4 Å². The summed E-state index contributed by atoms with van der Waals surface area (Å²) >= 11 is 0.461. The summed E-state index contributed by atoms with van der Waals surface area (Å²) in [4.78, 5) is 12.2. The number of nitrogens with one attached hydrogen (secondary N) is 2. The highest BCUT2D eigenvalue weighted by atomic mass is 35.5. The monoisotopic (exact) mass is 340 g/mol. The van der Waals surface area contributed by atoms with Crippen LogP contribution in [0, 0.1) is 0 Å². The maximum absolute atomic E-state index is 12.1. The van der Waals surface area contributed by atoms with Crippen LogP contribution in [0.2, 0.25) is 0 Å². The molecule has 1 aromatic rings. The third-order valence-corrected chi connectivity index (χ3v) is 3.13. The van der Waals surface area contributed by atoms with Crippen molar-refractivity contribution in [2.45, 2.75) is 10.7 Å². The van der Waals surface area contributed by atoms with E-state index in [9.17, 15) is 13.6 Å². The molecule has 0 aromatic heterocycles. The molecule has 0 saturated carbocycles. The molecule has 1 amide bonds. The highest BCUT2D eigenvalue weighted by molar-refractivity contribution is 7.99. The van der Waals surface area contributed by atoms with E-state index in [1.54, 1.807) is 19.2 Å². The lowest BCUT2D eigenvalue weighted by Gasteiger charge is -2.07. The van der Waals surface area contributed by atoms with E-state index in [1.165, 1.54) is 12.1 Å². The molecule has 1 rings (SSSR count). The van der Waals surface area contributed by atoms with Gasteiger partial charge in [-0.3, -0.25) is 4.79 Å². The number of rotatable bonds is 9. The normalized spacial score (nSPS) is 10.3. The Balaban J connectivity index is 0.00000400. The number of carbonyl (C=O) groups is 1. The number of alkyl halides is 2. The van der Waals surface area contributed by atoms with Gasteiger partial charge in [-0.1, -0.05) is 11.8 Å². The molecule has 0 heterocycles. The molecule has 2 N–H and O–H groups in total. The summed E-state index contributed by atoms with van der Waals surface area (Å²) in [5.74, 6) is -2.67.